The SMILES string of the molecule is COC(=O)c1cc2cc(N(Cc3ccccc3)[N+](=O)[O-])cnc2[nH]1. The third-order valence-corrected chi connectivity index (χ3v) is 3.53. The number of aromatic amines is 1. The molecule has 8 nitrogen and oxygen atoms in total. The number of nitrogens with one attached hydrogen (secondary N) is 1. The largest absolute Gasteiger partial charge is 0.464 e. The minimum absolute atomic E-state index is 0.106. The summed E-state index contributed by atoms with van der Waals surface area (Å²) in [6.07, 6.45) is 1.39. The molecular weight excluding hydrogens is 312 g/mol. The van der Waals surface area contributed by atoms with Crippen molar-refractivity contribution in [1.29, 1.82) is 0 Å². The maximum absolute atomic E-state index is 11.6. The Labute approximate surface area is 136 Å². The van der Waals surface area contributed by atoms with Gasteiger partial charge in [-0.2, -0.15) is 0 Å². The van der Waals surface area contributed by atoms with Crippen molar-refractivity contribution in [3.05, 3.63) is 70.0 Å². The summed E-state index contributed by atoms with van der Waals surface area (Å²) in [7, 11) is 1.28. The number of carbonyl (C=O) groups excluding carboxylic acids is 1. The number of nitrogens with zero attached hydrogens (tertiary/aromatic N) is 3. The van der Waals surface area contributed by atoms with Crippen molar-refractivity contribution in [2.45, 2.75) is 6.54 Å². The lowest BCUT2D eigenvalue weighted by Crippen LogP contribution is -2.29. The summed E-state index contributed by atoms with van der Waals surface area (Å²) in [5.41, 5.74) is 1.83. The Bertz CT molecular complexity index is 891. The lowest BCUT2D eigenvalue weighted by molar-refractivity contribution is -0.496. The van der Waals surface area contributed by atoms with Gasteiger partial charge >= 0.3 is 5.97 Å². The third-order valence-electron chi connectivity index (χ3n) is 3.53. The fraction of sp³-hybridized carbons (Fsp3) is 0.125. The minimum atomic E-state index is -0.523. The van der Waals surface area contributed by atoms with Crippen molar-refractivity contribution < 1.29 is 14.6 Å². The number of hydrazine groups is 1. The number of hydrogen-bond acceptors (Lipinski definition) is 5. The lowest BCUT2D eigenvalue weighted by atomic mass is 10.2. The quantitative estimate of drug-likeness (QED) is 0.439. The van der Waals surface area contributed by atoms with Crippen LogP contribution < -0.4 is 5.01 Å². The zero-order valence-electron chi connectivity index (χ0n) is 12.8. The molecule has 0 saturated heterocycles. The number of pyridine rings is 1. The fourth-order valence-electron chi connectivity index (χ4n) is 2.36. The molecule has 0 spiro atoms. The van der Waals surface area contributed by atoms with E-state index in [1.165, 1.54) is 13.3 Å². The van der Waals surface area contributed by atoms with Gasteiger partial charge in [0.25, 0.3) is 0 Å². The molecule has 0 amide bonds. The number of benzene rings is 1. The standard InChI is InChI=1S/C16H14N4O4/c1-24-16(21)14-8-12-7-13(9-17-15(12)18-14)19(20(22)23)10-11-5-3-2-4-6-11/h2-9H,10H2,1H3,(H,17,18). The van der Waals surface area contributed by atoms with Crippen LogP contribution in [0.4, 0.5) is 5.69 Å². The van der Waals surface area contributed by atoms with Crippen LogP contribution in [0.2, 0.25) is 0 Å². The summed E-state index contributed by atoms with van der Waals surface area (Å²) in [4.78, 5) is 29.9. The first-order valence-corrected chi connectivity index (χ1v) is 7.11. The molecule has 0 aliphatic heterocycles. The second-order valence-corrected chi connectivity index (χ2v) is 5.09. The van der Waals surface area contributed by atoms with Crippen LogP contribution in [0.25, 0.3) is 11.0 Å². The molecule has 2 aromatic heterocycles. The molecule has 122 valence electrons. The van der Waals surface area contributed by atoms with Gasteiger partial charge in [-0.05, 0) is 17.7 Å². The molecule has 0 unspecified atom stereocenters. The van der Waals surface area contributed by atoms with Crippen molar-refractivity contribution in [3.8, 4) is 0 Å². The highest BCUT2D eigenvalue weighted by Gasteiger charge is 2.20. The molecule has 0 aliphatic carbocycles. The highest BCUT2D eigenvalue weighted by molar-refractivity contribution is 5.94. The van der Waals surface area contributed by atoms with Crippen molar-refractivity contribution in [3.63, 3.8) is 0 Å². The van der Waals surface area contributed by atoms with E-state index in [2.05, 4.69) is 14.7 Å². The first kappa shape index (κ1) is 15.5. The summed E-state index contributed by atoms with van der Waals surface area (Å²) < 4.78 is 4.64. The second-order valence-electron chi connectivity index (χ2n) is 5.09. The van der Waals surface area contributed by atoms with Gasteiger partial charge in [-0.1, -0.05) is 35.3 Å². The molecule has 8 heteroatoms. The number of H-pyrrole nitrogens is 1. The molecule has 2 heterocycles. The third kappa shape index (κ3) is 3.02. The van der Waals surface area contributed by atoms with Crippen LogP contribution >= 0.6 is 0 Å². The number of rotatable bonds is 5. The number of nitro groups is 1. The second kappa shape index (κ2) is 6.37. The molecule has 1 N–H and O–H groups in total. The summed E-state index contributed by atoms with van der Waals surface area (Å²) in [6.45, 7) is 0.106. The van der Waals surface area contributed by atoms with Gasteiger partial charge in [0.05, 0.1) is 13.3 Å². The maximum atomic E-state index is 11.6. The van der Waals surface area contributed by atoms with Crippen molar-refractivity contribution in [2.75, 3.05) is 12.1 Å². The Morgan fingerprint density at radius 3 is 2.75 bits per heavy atom. The zero-order chi connectivity index (χ0) is 17.1. The van der Waals surface area contributed by atoms with E-state index < -0.39 is 11.0 Å². The van der Waals surface area contributed by atoms with Gasteiger partial charge in [0.1, 0.15) is 23.6 Å². The van der Waals surface area contributed by atoms with Crippen molar-refractivity contribution in [1.82, 2.24) is 9.97 Å². The number of methoxy groups -OCH3 is 1. The average Bonchev–Trinajstić information content (AvgIpc) is 3.02. The summed E-state index contributed by atoms with van der Waals surface area (Å²) in [5.74, 6) is -0.523. The Morgan fingerprint density at radius 1 is 1.33 bits per heavy atom. The number of ether oxygens (including phenoxy) is 1. The molecule has 0 saturated carbocycles. The summed E-state index contributed by atoms with van der Waals surface area (Å²) >= 11 is 0. The van der Waals surface area contributed by atoms with Gasteiger partial charge < -0.3 is 9.72 Å². The Kier molecular flexibility index (Phi) is 4.11. The van der Waals surface area contributed by atoms with Crippen molar-refractivity contribution in [2.24, 2.45) is 0 Å². The molecule has 3 aromatic rings. The number of carbonyl (C=O) groups is 1. The van der Waals surface area contributed by atoms with Crippen LogP contribution in [0.3, 0.4) is 0 Å². The van der Waals surface area contributed by atoms with Gasteiger partial charge in [0.2, 0.25) is 0 Å². The monoisotopic (exact) mass is 326 g/mol. The van der Waals surface area contributed by atoms with Crippen LogP contribution in [-0.4, -0.2) is 28.1 Å². The molecule has 0 aliphatic rings. The van der Waals surface area contributed by atoms with Gasteiger partial charge in [0.15, 0.2) is 5.03 Å². The number of anilines is 1. The minimum Gasteiger partial charge on any atom is -0.464 e. The predicted octanol–water partition coefficient (Wildman–Crippen LogP) is 2.55. The summed E-state index contributed by atoms with van der Waals surface area (Å²) in [5, 5.41) is 12.5. The highest BCUT2D eigenvalue weighted by Crippen LogP contribution is 2.22. The van der Waals surface area contributed by atoms with Crippen LogP contribution in [0.5, 0.6) is 0 Å². The van der Waals surface area contributed by atoms with E-state index in [4.69, 9.17) is 0 Å². The van der Waals surface area contributed by atoms with E-state index in [0.717, 1.165) is 10.6 Å². The Hall–Kier alpha value is -3.42. The van der Waals surface area contributed by atoms with Gasteiger partial charge in [-0.3, -0.25) is 0 Å². The lowest BCUT2D eigenvalue weighted by Gasteiger charge is -2.14. The number of fused-ring (bicyclic) bond motifs is 1. The fourth-order valence-corrected chi connectivity index (χ4v) is 2.36. The van der Waals surface area contributed by atoms with Crippen LogP contribution in [-0.2, 0) is 11.3 Å². The van der Waals surface area contributed by atoms with Gasteiger partial charge in [0, 0.05) is 5.39 Å². The molecule has 24 heavy (non-hydrogen) atoms. The highest BCUT2D eigenvalue weighted by atomic mass is 16.7. The van der Waals surface area contributed by atoms with E-state index in [1.807, 2.05) is 30.3 Å². The number of esters is 1. The normalized spacial score (nSPS) is 10.5. The topological polar surface area (TPSA) is 101 Å². The number of aromatic nitrogens is 2. The Morgan fingerprint density at radius 2 is 2.08 bits per heavy atom. The van der Waals surface area contributed by atoms with Gasteiger partial charge in [-0.15, -0.1) is 0 Å². The molecule has 0 atom stereocenters. The zero-order valence-corrected chi connectivity index (χ0v) is 12.8. The van der Waals surface area contributed by atoms with Crippen molar-refractivity contribution >= 4 is 22.7 Å². The van der Waals surface area contributed by atoms with E-state index in [0.29, 0.717) is 16.7 Å². The Balaban J connectivity index is 1.95. The first-order valence-electron chi connectivity index (χ1n) is 7.11. The van der Waals surface area contributed by atoms with E-state index in [-0.39, 0.29) is 12.2 Å². The first-order chi connectivity index (χ1) is 11.6. The molecular formula is C16H14N4O4. The van der Waals surface area contributed by atoms with Crippen LogP contribution in [0, 0.1) is 10.1 Å². The molecule has 1 aromatic carbocycles. The summed E-state index contributed by atoms with van der Waals surface area (Å²) in [6, 6.07) is 12.3. The smallest absolute Gasteiger partial charge is 0.354 e. The van der Waals surface area contributed by atoms with E-state index in [9.17, 15) is 14.9 Å². The van der Waals surface area contributed by atoms with E-state index >= 15 is 0 Å². The van der Waals surface area contributed by atoms with Crippen LogP contribution in [0.15, 0.2) is 48.7 Å². The molecule has 0 radical (unpaired) electrons. The van der Waals surface area contributed by atoms with Crippen LogP contribution in [0.1, 0.15) is 16.1 Å². The molecule has 3 rings (SSSR count). The molecule has 0 bridgehead atoms. The maximum Gasteiger partial charge on any atom is 0.354 e. The molecule has 0 fully saturated rings. The number of hydrogen-bond donors (Lipinski definition) is 1. The van der Waals surface area contributed by atoms with E-state index in [1.54, 1.807) is 12.1 Å². The predicted molar refractivity (Wildman–Crippen MR) is 87.1 cm³/mol. The average molecular weight is 326 g/mol. The van der Waals surface area contributed by atoms with Gasteiger partial charge in [-0.25, -0.2) is 19.9 Å².